The van der Waals surface area contributed by atoms with E-state index in [1.54, 1.807) is 0 Å². The molecule has 8 nitrogen and oxygen atoms in total. The van der Waals surface area contributed by atoms with Crippen LogP contribution in [0.1, 0.15) is 63.8 Å². The maximum Gasteiger partial charge on any atom is 0.495 e. The minimum atomic E-state index is -0.160. The number of hydrogen-bond donors (Lipinski definition) is 0. The maximum atomic E-state index is 7.20. The van der Waals surface area contributed by atoms with Gasteiger partial charge in [0.1, 0.15) is 17.3 Å². The summed E-state index contributed by atoms with van der Waals surface area (Å²) in [5.41, 5.74) is 9.96. The summed E-state index contributed by atoms with van der Waals surface area (Å²) in [5.74, 6) is 3.78. The Labute approximate surface area is 351 Å². The second kappa shape index (κ2) is 14.7. The summed E-state index contributed by atoms with van der Waals surface area (Å²) < 4.78 is 13.3. The number of pyridine rings is 1. The number of aromatic nitrogens is 5. The molecular weight excluding hydrogens is 739 g/mol. The molecule has 0 N–H and O–H groups in total. The van der Waals surface area contributed by atoms with E-state index in [1.807, 2.05) is 53.0 Å². The molecule has 0 amide bonds. The van der Waals surface area contributed by atoms with E-state index in [1.165, 1.54) is 5.56 Å². The number of fused-ring (bicyclic) bond motifs is 3. The van der Waals surface area contributed by atoms with Crippen molar-refractivity contribution in [2.45, 2.75) is 66.2 Å². The summed E-state index contributed by atoms with van der Waals surface area (Å²) in [7, 11) is 1.97. The second-order valence-electron chi connectivity index (χ2n) is 17.9. The molecule has 0 saturated heterocycles. The van der Waals surface area contributed by atoms with E-state index >= 15 is 0 Å². The van der Waals surface area contributed by atoms with E-state index in [-0.39, 0.29) is 10.8 Å². The van der Waals surface area contributed by atoms with E-state index in [9.17, 15) is 0 Å². The largest absolute Gasteiger partial charge is 0.495 e. The van der Waals surface area contributed by atoms with Crippen LogP contribution in [0, 0.1) is 13.8 Å². The molecule has 0 radical (unpaired) electrons. The molecule has 9 rings (SSSR count). The molecule has 0 saturated carbocycles. The Bertz CT molecular complexity index is 3000. The van der Waals surface area contributed by atoms with E-state index in [4.69, 9.17) is 24.7 Å². The van der Waals surface area contributed by atoms with Gasteiger partial charge in [-0.25, -0.2) is 19.9 Å². The number of aryl methyl sites for hydroxylation is 2. The predicted molar refractivity (Wildman–Crippen MR) is 242 cm³/mol. The topological polar surface area (TPSA) is 71.7 Å². The van der Waals surface area contributed by atoms with Crippen molar-refractivity contribution in [3.05, 3.63) is 156 Å². The fourth-order valence-electron chi connectivity index (χ4n) is 7.55. The molecule has 0 atom stereocenters. The fourth-order valence-corrected chi connectivity index (χ4v) is 7.55. The lowest BCUT2D eigenvalue weighted by Crippen LogP contribution is -2.11. The molecule has 5 aromatic carbocycles. The average Bonchev–Trinajstić information content (AvgIpc) is 3.81. The van der Waals surface area contributed by atoms with Crippen LogP contribution in [0.4, 0.5) is 5.69 Å². The van der Waals surface area contributed by atoms with Crippen LogP contribution < -0.4 is 4.74 Å². The SMILES string of the molecule is Cc1ccc(-c2nc(-c3ccc(C)cc3)nc(-c3cc4c5cc(C(C)(C)C)ccc5n(-c5ccccn5)c4cc3Oc3cc([N+]4=C=[N+](C)C=C4)cc(C(C)(C)C)c3)n2)cc1. The number of rotatable bonds is 7. The number of benzene rings is 5. The number of ether oxygens (including phenoxy) is 1. The standard InChI is InChI=1S/C52H49N7O/c1-33-13-17-35(18-14-33)48-54-49(36-19-15-34(2)16-20-36)56-50(55-48)43-30-42-41-28-37(51(3,4)5)21-22-44(41)59(47-12-10-11-23-53-47)45(42)31-46(43)60-40-27-38(52(6,7)8)26-39(29-40)58-25-24-57(9)32-58/h10-31H,1-9H3/q+2. The van der Waals surface area contributed by atoms with Crippen molar-refractivity contribution in [2.75, 3.05) is 7.05 Å². The second-order valence-corrected chi connectivity index (χ2v) is 17.9. The van der Waals surface area contributed by atoms with E-state index in [2.05, 4.69) is 163 Å². The highest BCUT2D eigenvalue weighted by atomic mass is 16.5. The first-order valence-electron chi connectivity index (χ1n) is 20.4. The molecule has 1 aliphatic rings. The normalized spacial score (nSPS) is 12.9. The van der Waals surface area contributed by atoms with Crippen LogP contribution >= 0.6 is 0 Å². The summed E-state index contributed by atoms with van der Waals surface area (Å²) in [4.78, 5) is 20.4. The third-order valence-electron chi connectivity index (χ3n) is 11.1. The van der Waals surface area contributed by atoms with Crippen molar-refractivity contribution in [1.82, 2.24) is 24.5 Å². The summed E-state index contributed by atoms with van der Waals surface area (Å²) in [6.45, 7) is 17.6. The lowest BCUT2D eigenvalue weighted by Gasteiger charge is -2.20. The summed E-state index contributed by atoms with van der Waals surface area (Å²) in [6.07, 6.45) is 5.82. The van der Waals surface area contributed by atoms with Gasteiger partial charge < -0.3 is 4.74 Å². The fraction of sp³-hybridized carbons (Fsp3) is 0.212. The third kappa shape index (κ3) is 7.42. The average molecular weight is 788 g/mol. The zero-order chi connectivity index (χ0) is 41.9. The molecule has 1 aliphatic heterocycles. The zero-order valence-corrected chi connectivity index (χ0v) is 35.7. The van der Waals surface area contributed by atoms with Crippen molar-refractivity contribution in [3.63, 3.8) is 0 Å². The smallest absolute Gasteiger partial charge is 0.456 e. The molecule has 4 heterocycles. The van der Waals surface area contributed by atoms with Gasteiger partial charge in [0.05, 0.1) is 22.7 Å². The highest BCUT2D eigenvalue weighted by molar-refractivity contribution is 6.11. The highest BCUT2D eigenvalue weighted by Crippen LogP contribution is 2.43. The minimum absolute atomic E-state index is 0.0659. The third-order valence-corrected chi connectivity index (χ3v) is 11.1. The van der Waals surface area contributed by atoms with Crippen molar-refractivity contribution < 1.29 is 13.9 Å². The van der Waals surface area contributed by atoms with Gasteiger partial charge in [-0.1, -0.05) is 122 Å². The molecule has 0 spiro atoms. The molecule has 0 bridgehead atoms. The molecule has 0 fully saturated rings. The Kier molecular flexibility index (Phi) is 9.41. The van der Waals surface area contributed by atoms with Gasteiger partial charge in [-0.2, -0.15) is 0 Å². The number of hydrogen-bond acceptors (Lipinski definition) is 5. The van der Waals surface area contributed by atoms with Crippen LogP contribution in [0.15, 0.2) is 134 Å². The van der Waals surface area contributed by atoms with Crippen molar-refractivity contribution in [3.8, 4) is 51.5 Å². The quantitative estimate of drug-likeness (QED) is 0.150. The highest BCUT2D eigenvalue weighted by Gasteiger charge is 2.26. The lowest BCUT2D eigenvalue weighted by molar-refractivity contribution is -0.429. The van der Waals surface area contributed by atoms with Gasteiger partial charge in [0, 0.05) is 40.2 Å². The van der Waals surface area contributed by atoms with Crippen molar-refractivity contribution in [1.29, 1.82) is 0 Å². The first-order valence-corrected chi connectivity index (χ1v) is 20.4. The number of nitrogens with zero attached hydrogens (tertiary/aromatic N) is 7. The van der Waals surface area contributed by atoms with Crippen molar-refractivity contribution in [2.24, 2.45) is 0 Å². The van der Waals surface area contributed by atoms with Crippen LogP contribution in [0.3, 0.4) is 0 Å². The molecule has 0 aliphatic carbocycles. The molecule has 296 valence electrons. The van der Waals surface area contributed by atoms with Gasteiger partial charge in [0.2, 0.25) is 11.9 Å². The van der Waals surface area contributed by atoms with Crippen LogP contribution in [0.25, 0.3) is 61.8 Å². The van der Waals surface area contributed by atoms with Crippen LogP contribution in [0.5, 0.6) is 11.5 Å². The van der Waals surface area contributed by atoms with E-state index in [0.717, 1.165) is 66.7 Å². The monoisotopic (exact) mass is 787 g/mol. The Balaban J connectivity index is 1.36. The van der Waals surface area contributed by atoms with E-state index in [0.29, 0.717) is 29.0 Å². The molecule has 8 heteroatoms. The van der Waals surface area contributed by atoms with Crippen molar-refractivity contribution >= 4 is 33.5 Å². The first kappa shape index (κ1) is 38.5. The summed E-state index contributed by atoms with van der Waals surface area (Å²) >= 11 is 0. The molecule has 8 aromatic rings. The predicted octanol–water partition coefficient (Wildman–Crippen LogP) is 12.3. The van der Waals surface area contributed by atoms with Crippen LogP contribution in [-0.2, 0) is 10.8 Å². The van der Waals surface area contributed by atoms with Gasteiger partial charge >= 0.3 is 6.01 Å². The van der Waals surface area contributed by atoms with E-state index < -0.39 is 0 Å². The summed E-state index contributed by atoms with van der Waals surface area (Å²) in [5, 5.41) is 2.15. The van der Waals surface area contributed by atoms with Gasteiger partial charge in [0.15, 0.2) is 24.5 Å². The molecule has 60 heavy (non-hydrogen) atoms. The molecule has 0 unspecified atom stereocenters. The minimum Gasteiger partial charge on any atom is -0.456 e. The molecular formula is C52H49N7O+2. The van der Waals surface area contributed by atoms with Gasteiger partial charge in [-0.3, -0.25) is 4.57 Å². The van der Waals surface area contributed by atoms with Crippen LogP contribution in [0.2, 0.25) is 0 Å². The first-order chi connectivity index (χ1) is 28.7. The Hall–Kier alpha value is -7.02. The van der Waals surface area contributed by atoms with Gasteiger partial charge in [-0.15, -0.1) is 0 Å². The van der Waals surface area contributed by atoms with Gasteiger partial charge in [0.25, 0.3) is 6.20 Å². The summed E-state index contributed by atoms with van der Waals surface area (Å²) in [6, 6.07) is 43.5. The van der Waals surface area contributed by atoms with Crippen LogP contribution in [-0.4, -0.2) is 46.7 Å². The Morgan fingerprint density at radius 1 is 0.600 bits per heavy atom. The van der Waals surface area contributed by atoms with Gasteiger partial charge in [-0.05, 0) is 72.2 Å². The molecule has 3 aromatic heterocycles. The zero-order valence-electron chi connectivity index (χ0n) is 35.7. The maximum absolute atomic E-state index is 7.20. The lowest BCUT2D eigenvalue weighted by atomic mass is 9.86. The Morgan fingerprint density at radius 3 is 1.82 bits per heavy atom. The Morgan fingerprint density at radius 2 is 1.23 bits per heavy atom.